The molecule has 1 heterocycles. The number of thiophene rings is 1. The van der Waals surface area contributed by atoms with Crippen LogP contribution < -0.4 is 10.6 Å². The van der Waals surface area contributed by atoms with Crippen LogP contribution in [-0.4, -0.2) is 25.8 Å². The van der Waals surface area contributed by atoms with Crippen LogP contribution >= 0.6 is 23.7 Å². The number of aryl methyl sites for hydroxylation is 1. The number of alkyl carbamates (subject to hydrolysis) is 1. The average molecular weight is 279 g/mol. The number of ether oxygens (including phenoxy) is 1. The summed E-state index contributed by atoms with van der Waals surface area (Å²) in [5, 5.41) is 8.01. The van der Waals surface area contributed by atoms with Crippen molar-refractivity contribution in [2.24, 2.45) is 0 Å². The lowest BCUT2D eigenvalue weighted by Crippen LogP contribution is -2.31. The normalized spacial score (nSPS) is 9.53. The van der Waals surface area contributed by atoms with Gasteiger partial charge < -0.3 is 15.4 Å². The Kier molecular flexibility index (Phi) is 8.85. The molecule has 0 fully saturated rings. The minimum absolute atomic E-state index is 0. The lowest BCUT2D eigenvalue weighted by Gasteiger charge is -2.06. The summed E-state index contributed by atoms with van der Waals surface area (Å²) in [5.74, 6) is 0. The van der Waals surface area contributed by atoms with Crippen molar-refractivity contribution in [3.8, 4) is 0 Å². The van der Waals surface area contributed by atoms with E-state index in [2.05, 4.69) is 29.0 Å². The van der Waals surface area contributed by atoms with E-state index in [0.29, 0.717) is 13.2 Å². The third-order valence-corrected chi connectivity index (χ3v) is 3.12. The largest absolute Gasteiger partial charge is 0.450 e. The number of rotatable bonds is 6. The molecule has 0 atom stereocenters. The van der Waals surface area contributed by atoms with Crippen LogP contribution in [0, 0.1) is 6.92 Å². The first-order valence-corrected chi connectivity index (χ1v) is 6.26. The predicted octanol–water partition coefficient (Wildman–Crippen LogP) is 2.31. The zero-order valence-corrected chi connectivity index (χ0v) is 11.7. The van der Waals surface area contributed by atoms with Gasteiger partial charge >= 0.3 is 6.09 Å². The molecule has 0 radical (unpaired) electrons. The summed E-state index contributed by atoms with van der Waals surface area (Å²) in [4.78, 5) is 12.3. The zero-order chi connectivity index (χ0) is 11.8. The molecule has 1 aromatic rings. The van der Waals surface area contributed by atoms with Gasteiger partial charge in [0, 0.05) is 24.5 Å². The lowest BCUT2D eigenvalue weighted by molar-refractivity contribution is 0.152. The van der Waals surface area contributed by atoms with Crippen LogP contribution in [-0.2, 0) is 11.3 Å². The van der Waals surface area contributed by atoms with Crippen molar-refractivity contribution in [1.29, 1.82) is 0 Å². The van der Waals surface area contributed by atoms with Gasteiger partial charge in [-0.1, -0.05) is 0 Å². The van der Waals surface area contributed by atoms with E-state index in [0.717, 1.165) is 13.1 Å². The molecule has 0 spiro atoms. The van der Waals surface area contributed by atoms with Gasteiger partial charge in [-0.15, -0.1) is 23.7 Å². The van der Waals surface area contributed by atoms with E-state index in [1.165, 1.54) is 10.4 Å². The van der Waals surface area contributed by atoms with Crippen molar-refractivity contribution < 1.29 is 9.53 Å². The Balaban J connectivity index is 0.00000256. The molecular formula is C11H19ClN2O2S. The number of amides is 1. The highest BCUT2D eigenvalue weighted by Gasteiger charge is 2.00. The fourth-order valence-electron chi connectivity index (χ4n) is 1.22. The minimum atomic E-state index is -0.350. The third kappa shape index (κ3) is 6.51. The Hall–Kier alpha value is -0.780. The molecule has 4 nitrogen and oxygen atoms in total. The van der Waals surface area contributed by atoms with Gasteiger partial charge in [-0.3, -0.25) is 0 Å². The van der Waals surface area contributed by atoms with E-state index < -0.39 is 0 Å². The van der Waals surface area contributed by atoms with Gasteiger partial charge in [-0.05, 0) is 30.9 Å². The maximum Gasteiger partial charge on any atom is 0.407 e. The summed E-state index contributed by atoms with van der Waals surface area (Å²) in [5.41, 5.74) is 1.32. The van der Waals surface area contributed by atoms with E-state index in [1.807, 2.05) is 0 Å². The van der Waals surface area contributed by atoms with Crippen LogP contribution in [0.5, 0.6) is 0 Å². The molecule has 1 amide bonds. The number of hydrogen-bond donors (Lipinski definition) is 2. The second-order valence-electron chi connectivity index (χ2n) is 3.35. The SMILES string of the molecule is CCOC(=O)NCCNCc1sccc1C.Cl. The lowest BCUT2D eigenvalue weighted by atomic mass is 10.3. The van der Waals surface area contributed by atoms with Crippen LogP contribution in [0.1, 0.15) is 17.4 Å². The summed E-state index contributed by atoms with van der Waals surface area (Å²) >= 11 is 1.75. The number of halogens is 1. The van der Waals surface area contributed by atoms with Gasteiger partial charge in [0.25, 0.3) is 0 Å². The molecule has 0 aromatic carbocycles. The maximum absolute atomic E-state index is 10.9. The highest BCUT2D eigenvalue weighted by Crippen LogP contribution is 2.14. The molecule has 17 heavy (non-hydrogen) atoms. The summed E-state index contributed by atoms with van der Waals surface area (Å²) in [6.07, 6.45) is -0.350. The van der Waals surface area contributed by atoms with Crippen LogP contribution in [0.3, 0.4) is 0 Å². The van der Waals surface area contributed by atoms with Crippen LogP contribution in [0.4, 0.5) is 4.79 Å². The Morgan fingerprint density at radius 3 is 2.82 bits per heavy atom. The molecule has 98 valence electrons. The van der Waals surface area contributed by atoms with E-state index in [4.69, 9.17) is 4.74 Å². The molecule has 0 saturated heterocycles. The van der Waals surface area contributed by atoms with Crippen molar-refractivity contribution in [2.75, 3.05) is 19.7 Å². The molecule has 1 rings (SSSR count). The van der Waals surface area contributed by atoms with Crippen molar-refractivity contribution in [3.05, 3.63) is 21.9 Å². The van der Waals surface area contributed by atoms with Gasteiger partial charge in [0.05, 0.1) is 6.61 Å². The molecule has 0 saturated carbocycles. The number of nitrogens with one attached hydrogen (secondary N) is 2. The van der Waals surface area contributed by atoms with Crippen molar-refractivity contribution in [2.45, 2.75) is 20.4 Å². The van der Waals surface area contributed by atoms with E-state index in [9.17, 15) is 4.79 Å². The average Bonchev–Trinajstić information content (AvgIpc) is 2.64. The highest BCUT2D eigenvalue weighted by atomic mass is 35.5. The van der Waals surface area contributed by atoms with Crippen LogP contribution in [0.15, 0.2) is 11.4 Å². The van der Waals surface area contributed by atoms with E-state index in [1.54, 1.807) is 18.3 Å². The second-order valence-corrected chi connectivity index (χ2v) is 4.35. The maximum atomic E-state index is 10.9. The first-order chi connectivity index (χ1) is 7.74. The number of carbonyl (C=O) groups is 1. The highest BCUT2D eigenvalue weighted by molar-refractivity contribution is 7.10. The Bertz CT molecular complexity index is 331. The smallest absolute Gasteiger partial charge is 0.407 e. The van der Waals surface area contributed by atoms with Crippen molar-refractivity contribution in [3.63, 3.8) is 0 Å². The van der Waals surface area contributed by atoms with Crippen molar-refractivity contribution >= 4 is 29.8 Å². The number of carbonyl (C=O) groups excluding carboxylic acids is 1. The molecule has 0 aliphatic heterocycles. The van der Waals surface area contributed by atoms with Crippen LogP contribution in [0.2, 0.25) is 0 Å². The standard InChI is InChI=1S/C11H18N2O2S.ClH/c1-3-15-11(14)13-6-5-12-8-10-9(2)4-7-16-10;/h4,7,12H,3,5-6,8H2,1-2H3,(H,13,14);1H. The molecule has 6 heteroatoms. The summed E-state index contributed by atoms with van der Waals surface area (Å²) in [6.45, 7) is 6.49. The Morgan fingerprint density at radius 2 is 2.24 bits per heavy atom. The monoisotopic (exact) mass is 278 g/mol. The molecule has 0 unspecified atom stereocenters. The fraction of sp³-hybridized carbons (Fsp3) is 0.545. The first kappa shape index (κ1) is 16.2. The minimum Gasteiger partial charge on any atom is -0.450 e. The Morgan fingerprint density at radius 1 is 1.47 bits per heavy atom. The molecule has 0 bridgehead atoms. The topological polar surface area (TPSA) is 50.4 Å². The van der Waals surface area contributed by atoms with Gasteiger partial charge in [-0.25, -0.2) is 4.79 Å². The van der Waals surface area contributed by atoms with Crippen LogP contribution in [0.25, 0.3) is 0 Å². The fourth-order valence-corrected chi connectivity index (χ4v) is 2.10. The van der Waals surface area contributed by atoms with E-state index in [-0.39, 0.29) is 18.5 Å². The zero-order valence-electron chi connectivity index (χ0n) is 10.1. The second kappa shape index (κ2) is 9.27. The summed E-state index contributed by atoms with van der Waals surface area (Å²) in [6, 6.07) is 2.11. The van der Waals surface area contributed by atoms with Gasteiger partial charge in [0.2, 0.25) is 0 Å². The van der Waals surface area contributed by atoms with Gasteiger partial charge in [0.1, 0.15) is 0 Å². The quantitative estimate of drug-likeness (QED) is 0.785. The van der Waals surface area contributed by atoms with Gasteiger partial charge in [-0.2, -0.15) is 0 Å². The van der Waals surface area contributed by atoms with E-state index >= 15 is 0 Å². The summed E-state index contributed by atoms with van der Waals surface area (Å²) in [7, 11) is 0. The van der Waals surface area contributed by atoms with Crippen molar-refractivity contribution in [1.82, 2.24) is 10.6 Å². The molecule has 0 aliphatic rings. The predicted molar refractivity (Wildman–Crippen MR) is 73.0 cm³/mol. The Labute approximate surface area is 112 Å². The molecule has 2 N–H and O–H groups in total. The molecule has 0 aliphatic carbocycles. The first-order valence-electron chi connectivity index (χ1n) is 5.38. The molecular weight excluding hydrogens is 260 g/mol. The van der Waals surface area contributed by atoms with Gasteiger partial charge in [0.15, 0.2) is 0 Å². The summed E-state index contributed by atoms with van der Waals surface area (Å²) < 4.78 is 4.74. The number of hydrogen-bond acceptors (Lipinski definition) is 4. The molecule has 1 aromatic heterocycles. The third-order valence-electron chi connectivity index (χ3n) is 2.10.